The van der Waals surface area contributed by atoms with Crippen molar-refractivity contribution in [3.05, 3.63) is 11.6 Å². The maximum Gasteiger partial charge on any atom is 0.412 e. The minimum Gasteiger partial charge on any atom is -0.412 e. The van der Waals surface area contributed by atoms with E-state index in [2.05, 4.69) is 40.8 Å². The second kappa shape index (κ2) is 7.35. The van der Waals surface area contributed by atoms with Gasteiger partial charge in [-0.3, -0.25) is 0 Å². The number of alkyl halides is 3. The quantitative estimate of drug-likeness (QED) is 0.299. The Morgan fingerprint density at radius 2 is 1.58 bits per heavy atom. The van der Waals surface area contributed by atoms with Gasteiger partial charge >= 0.3 is 6.18 Å². The van der Waals surface area contributed by atoms with Crippen LogP contribution in [0, 0.1) is 35.0 Å². The van der Waals surface area contributed by atoms with Gasteiger partial charge in [0.2, 0.25) is 0 Å². The average molecular weight is 457 g/mol. The van der Waals surface area contributed by atoms with Crippen molar-refractivity contribution in [2.45, 2.75) is 116 Å². The Morgan fingerprint density at radius 1 is 0.935 bits per heavy atom. The topological polar surface area (TPSA) is 9.23 Å². The van der Waals surface area contributed by atoms with E-state index < -0.39 is 19.9 Å². The lowest BCUT2D eigenvalue weighted by atomic mass is 9.49. The second-order valence-electron chi connectivity index (χ2n) is 13.3. The van der Waals surface area contributed by atoms with Crippen LogP contribution in [0.1, 0.15) is 86.0 Å². The molecule has 0 unspecified atom stereocenters. The summed E-state index contributed by atoms with van der Waals surface area (Å²) in [5.41, 5.74) is -0.899. The van der Waals surface area contributed by atoms with E-state index in [1.165, 1.54) is 12.8 Å². The first-order valence-corrected chi connectivity index (χ1v) is 15.5. The van der Waals surface area contributed by atoms with E-state index >= 15 is 0 Å². The van der Waals surface area contributed by atoms with Gasteiger partial charge in [-0.1, -0.05) is 33.8 Å². The normalized spacial score (nSPS) is 43.7. The van der Waals surface area contributed by atoms with Crippen LogP contribution < -0.4 is 0 Å². The van der Waals surface area contributed by atoms with Crippen LogP contribution in [0.3, 0.4) is 0 Å². The fourth-order valence-electron chi connectivity index (χ4n) is 7.93. The molecule has 0 aromatic heterocycles. The van der Waals surface area contributed by atoms with Crippen LogP contribution in [0.5, 0.6) is 0 Å². The summed E-state index contributed by atoms with van der Waals surface area (Å²) in [6.45, 7) is 15.9. The summed E-state index contributed by atoms with van der Waals surface area (Å²) in [6, 6.07) is 0. The molecule has 0 aromatic carbocycles. The molecule has 4 aliphatic carbocycles. The van der Waals surface area contributed by atoms with Gasteiger partial charge in [-0.25, -0.2) is 0 Å². The van der Waals surface area contributed by atoms with Gasteiger partial charge in [-0.15, -0.1) is 0 Å². The molecule has 178 valence electrons. The first-order chi connectivity index (χ1) is 14.1. The van der Waals surface area contributed by atoms with Gasteiger partial charge in [0.15, 0.2) is 8.32 Å². The second-order valence-corrected chi connectivity index (χ2v) is 18.0. The number of halogens is 3. The van der Waals surface area contributed by atoms with Crippen molar-refractivity contribution >= 4 is 8.32 Å². The Balaban J connectivity index is 1.47. The van der Waals surface area contributed by atoms with Gasteiger partial charge in [0.25, 0.3) is 0 Å². The van der Waals surface area contributed by atoms with Crippen LogP contribution in [0.15, 0.2) is 11.6 Å². The third-order valence-electron chi connectivity index (χ3n) is 10.4. The van der Waals surface area contributed by atoms with Crippen LogP contribution in [-0.4, -0.2) is 20.1 Å². The number of fused-ring (bicyclic) bond motifs is 5. The molecule has 3 saturated carbocycles. The summed E-state index contributed by atoms with van der Waals surface area (Å²) in [7, 11) is -1.82. The van der Waals surface area contributed by atoms with Crippen LogP contribution >= 0.6 is 0 Å². The van der Waals surface area contributed by atoms with E-state index in [1.807, 2.05) is 6.92 Å². The Hall–Kier alpha value is -0.293. The van der Waals surface area contributed by atoms with Crippen LogP contribution in [0.25, 0.3) is 0 Å². The van der Waals surface area contributed by atoms with E-state index in [1.54, 1.807) is 6.08 Å². The zero-order valence-electron chi connectivity index (χ0n) is 20.7. The number of allylic oxidation sites excluding steroid dienone is 2. The molecule has 5 heteroatoms. The lowest BCUT2D eigenvalue weighted by Gasteiger charge is -2.58. The molecule has 1 nitrogen and oxygen atoms in total. The Kier molecular flexibility index (Phi) is 5.66. The van der Waals surface area contributed by atoms with E-state index in [4.69, 9.17) is 4.43 Å². The number of hydrogen-bond acceptors (Lipinski definition) is 1. The third kappa shape index (κ3) is 3.98. The van der Waals surface area contributed by atoms with Crippen molar-refractivity contribution in [1.29, 1.82) is 0 Å². The van der Waals surface area contributed by atoms with Gasteiger partial charge in [0.1, 0.15) is 0 Å². The zero-order valence-corrected chi connectivity index (χ0v) is 21.7. The van der Waals surface area contributed by atoms with Gasteiger partial charge in [-0.2, -0.15) is 13.2 Å². The molecule has 0 N–H and O–H groups in total. The van der Waals surface area contributed by atoms with Crippen molar-refractivity contribution in [3.63, 3.8) is 0 Å². The lowest BCUT2D eigenvalue weighted by molar-refractivity contribution is -0.127. The molecule has 4 aliphatic rings. The maximum absolute atomic E-state index is 13.7. The molecule has 0 bridgehead atoms. The highest BCUT2D eigenvalue weighted by Gasteiger charge is 2.60. The highest BCUT2D eigenvalue weighted by atomic mass is 28.4. The summed E-state index contributed by atoms with van der Waals surface area (Å²) in [5.74, 6) is 2.66. The summed E-state index contributed by atoms with van der Waals surface area (Å²) >= 11 is 0. The highest BCUT2D eigenvalue weighted by molar-refractivity contribution is 6.74. The van der Waals surface area contributed by atoms with E-state index in [-0.39, 0.29) is 22.1 Å². The van der Waals surface area contributed by atoms with Gasteiger partial charge in [-0.05, 0) is 106 Å². The largest absolute Gasteiger partial charge is 0.412 e. The van der Waals surface area contributed by atoms with Gasteiger partial charge in [0, 0.05) is 11.0 Å². The van der Waals surface area contributed by atoms with Gasteiger partial charge < -0.3 is 4.43 Å². The van der Waals surface area contributed by atoms with Crippen molar-refractivity contribution in [1.82, 2.24) is 0 Å². The Labute approximate surface area is 188 Å². The molecular formula is C26H43F3OSi. The molecule has 0 aliphatic heterocycles. The molecule has 0 amide bonds. The molecule has 31 heavy (non-hydrogen) atoms. The van der Waals surface area contributed by atoms with Crippen molar-refractivity contribution in [2.24, 2.45) is 35.0 Å². The maximum atomic E-state index is 13.7. The van der Waals surface area contributed by atoms with E-state index in [9.17, 15) is 13.2 Å². The van der Waals surface area contributed by atoms with Gasteiger partial charge in [0.05, 0.1) is 5.60 Å². The number of rotatable bonds is 2. The minimum atomic E-state index is -4.17. The van der Waals surface area contributed by atoms with Crippen LogP contribution in [0.2, 0.25) is 18.1 Å². The van der Waals surface area contributed by atoms with Crippen molar-refractivity contribution in [2.75, 3.05) is 0 Å². The Morgan fingerprint density at radius 3 is 2.19 bits per heavy atom. The third-order valence-corrected chi connectivity index (χ3v) is 15.0. The standard InChI is InChI=1S/C26H43F3OSi/c1-23(2,3)31(6,7)30-24(4)14-12-18-17(16-24)8-9-20-19(18)13-15-25(5)21(20)10-11-22(25)26(27,28)29/h11,17-21H,8-10,12-16H2,1-7H3/t17-,18+,19-,20-,21+,24-,25+/m1/s1. The molecule has 4 rings (SSSR count). The minimum absolute atomic E-state index is 0.0292. The lowest BCUT2D eigenvalue weighted by Crippen LogP contribution is -2.54. The molecule has 0 heterocycles. The molecule has 0 aromatic rings. The summed E-state index contributed by atoms with van der Waals surface area (Å²) in [6.07, 6.45) is 5.44. The van der Waals surface area contributed by atoms with E-state index in [0.717, 1.165) is 25.7 Å². The predicted octanol–water partition coefficient (Wildman–Crippen LogP) is 8.52. The predicted molar refractivity (Wildman–Crippen MR) is 123 cm³/mol. The zero-order chi connectivity index (χ0) is 23.0. The molecule has 0 radical (unpaired) electrons. The summed E-state index contributed by atoms with van der Waals surface area (Å²) < 4.78 is 48.0. The summed E-state index contributed by atoms with van der Waals surface area (Å²) in [4.78, 5) is 0. The monoisotopic (exact) mass is 456 g/mol. The Bertz CT molecular complexity index is 736. The van der Waals surface area contributed by atoms with Crippen molar-refractivity contribution < 1.29 is 17.6 Å². The number of hydrogen-bond donors (Lipinski definition) is 0. The van der Waals surface area contributed by atoms with Crippen LogP contribution in [0.4, 0.5) is 13.2 Å². The van der Waals surface area contributed by atoms with E-state index in [0.29, 0.717) is 36.5 Å². The molecule has 7 atom stereocenters. The van der Waals surface area contributed by atoms with Crippen molar-refractivity contribution in [3.8, 4) is 0 Å². The smallest absolute Gasteiger partial charge is 0.412 e. The average Bonchev–Trinajstić information content (AvgIpc) is 2.97. The molecule has 0 spiro atoms. The fourth-order valence-corrected chi connectivity index (χ4v) is 9.66. The summed E-state index contributed by atoms with van der Waals surface area (Å²) in [5, 5.41) is 0.212. The first kappa shape index (κ1) is 23.9. The SMILES string of the molecule is CC(C)(C)[Si](C)(C)O[C@]1(C)CC[C@H]2[C@H](CC[C@@H]3[C@@H]2CC[C@]2(C)C(C(F)(F)F)=CC[C@@H]32)C1. The fraction of sp³-hybridized carbons (Fsp3) is 0.923. The highest BCUT2D eigenvalue weighted by Crippen LogP contribution is 2.65. The molecule has 3 fully saturated rings. The molecule has 0 saturated heterocycles. The van der Waals surface area contributed by atoms with Crippen LogP contribution in [-0.2, 0) is 4.43 Å². The first-order valence-electron chi connectivity index (χ1n) is 12.6. The molecular weight excluding hydrogens is 413 g/mol.